The zero-order chi connectivity index (χ0) is 14.5. The molecule has 1 aromatic carbocycles. The van der Waals surface area contributed by atoms with Crippen molar-refractivity contribution >= 4 is 17.0 Å². The Labute approximate surface area is 118 Å². The van der Waals surface area contributed by atoms with E-state index in [0.717, 1.165) is 23.3 Å². The van der Waals surface area contributed by atoms with Gasteiger partial charge in [0.15, 0.2) is 0 Å². The van der Waals surface area contributed by atoms with Crippen LogP contribution in [0.4, 0.5) is 0 Å². The number of terminal acetylenes is 1. The number of carboxylic acids is 1. The summed E-state index contributed by atoms with van der Waals surface area (Å²) in [6, 6.07) is 6.19. The number of nitrogens with zero attached hydrogens (tertiary/aromatic N) is 2. The van der Waals surface area contributed by atoms with Crippen LogP contribution in [0, 0.1) is 12.3 Å². The maximum Gasteiger partial charge on any atom is 0.303 e. The average Bonchev–Trinajstić information content (AvgIpc) is 2.76. The molecule has 0 aliphatic heterocycles. The lowest BCUT2D eigenvalue weighted by Gasteiger charge is -2.04. The lowest BCUT2D eigenvalue weighted by Crippen LogP contribution is -2.04. The van der Waals surface area contributed by atoms with Gasteiger partial charge in [-0.3, -0.25) is 4.79 Å². The first-order chi connectivity index (χ1) is 9.65. The fourth-order valence-electron chi connectivity index (χ4n) is 2.30. The summed E-state index contributed by atoms with van der Waals surface area (Å²) in [5.41, 5.74) is 3.19. The monoisotopic (exact) mass is 270 g/mol. The molecule has 0 fully saturated rings. The van der Waals surface area contributed by atoms with Gasteiger partial charge in [-0.1, -0.05) is 18.9 Å². The molecule has 4 nitrogen and oxygen atoms in total. The highest BCUT2D eigenvalue weighted by Gasteiger charge is 2.11. The van der Waals surface area contributed by atoms with Gasteiger partial charge < -0.3 is 9.67 Å². The van der Waals surface area contributed by atoms with E-state index in [1.807, 2.05) is 10.6 Å². The van der Waals surface area contributed by atoms with E-state index < -0.39 is 5.97 Å². The Bertz CT molecular complexity index is 665. The van der Waals surface area contributed by atoms with Gasteiger partial charge in [-0.15, -0.1) is 6.42 Å². The molecule has 0 saturated carbocycles. The third-order valence-electron chi connectivity index (χ3n) is 3.34. The standard InChI is InChI=1S/C16H18N2O2/c1-3-10-18-14-9-8-12(4-2)11-13(14)17-15(18)6-5-7-16(19)20/h1,8-9,11H,4-7,10H2,2H3,(H,19,20). The minimum absolute atomic E-state index is 0.152. The smallest absolute Gasteiger partial charge is 0.303 e. The fraction of sp³-hybridized carbons (Fsp3) is 0.375. The lowest BCUT2D eigenvalue weighted by atomic mass is 10.1. The zero-order valence-corrected chi connectivity index (χ0v) is 11.6. The largest absolute Gasteiger partial charge is 0.481 e. The molecule has 0 unspecified atom stereocenters. The van der Waals surface area contributed by atoms with Crippen LogP contribution >= 0.6 is 0 Å². The molecule has 0 aliphatic rings. The molecular formula is C16H18N2O2. The van der Waals surface area contributed by atoms with Gasteiger partial charge in [-0.2, -0.15) is 0 Å². The van der Waals surface area contributed by atoms with Gasteiger partial charge in [-0.25, -0.2) is 4.98 Å². The number of aryl methyl sites for hydroxylation is 2. The number of hydrogen-bond acceptors (Lipinski definition) is 2. The Hall–Kier alpha value is -2.28. The number of benzene rings is 1. The van der Waals surface area contributed by atoms with Crippen LogP contribution in [-0.4, -0.2) is 20.6 Å². The molecule has 0 saturated heterocycles. The second-order valence-electron chi connectivity index (χ2n) is 4.74. The summed E-state index contributed by atoms with van der Waals surface area (Å²) in [6.45, 7) is 2.57. The topological polar surface area (TPSA) is 55.1 Å². The van der Waals surface area contributed by atoms with E-state index in [1.165, 1.54) is 5.56 Å². The highest BCUT2D eigenvalue weighted by molar-refractivity contribution is 5.77. The molecule has 1 aromatic heterocycles. The maximum atomic E-state index is 10.6. The van der Waals surface area contributed by atoms with Crippen molar-refractivity contribution in [3.8, 4) is 12.3 Å². The molecule has 104 valence electrons. The number of aromatic nitrogens is 2. The molecule has 0 aliphatic carbocycles. The van der Waals surface area contributed by atoms with E-state index in [1.54, 1.807) is 0 Å². The van der Waals surface area contributed by atoms with Crippen molar-refractivity contribution in [3.05, 3.63) is 29.6 Å². The van der Waals surface area contributed by atoms with E-state index >= 15 is 0 Å². The minimum Gasteiger partial charge on any atom is -0.481 e. The van der Waals surface area contributed by atoms with E-state index in [9.17, 15) is 4.79 Å². The number of fused-ring (bicyclic) bond motifs is 1. The Morgan fingerprint density at radius 3 is 2.95 bits per heavy atom. The summed E-state index contributed by atoms with van der Waals surface area (Å²) in [6.07, 6.45) is 7.74. The van der Waals surface area contributed by atoms with Crippen LogP contribution in [0.2, 0.25) is 0 Å². The number of rotatable bonds is 6. The molecule has 2 aromatic rings. The number of aliphatic carboxylic acids is 1. The minimum atomic E-state index is -0.780. The summed E-state index contributed by atoms with van der Waals surface area (Å²) < 4.78 is 2.00. The van der Waals surface area contributed by atoms with Crippen LogP contribution in [0.5, 0.6) is 0 Å². The highest BCUT2D eigenvalue weighted by Crippen LogP contribution is 2.19. The van der Waals surface area contributed by atoms with Crippen LogP contribution in [0.25, 0.3) is 11.0 Å². The number of hydrogen-bond donors (Lipinski definition) is 1. The van der Waals surface area contributed by atoms with Crippen LogP contribution < -0.4 is 0 Å². The molecule has 0 radical (unpaired) electrons. The van der Waals surface area contributed by atoms with Gasteiger partial charge in [0, 0.05) is 12.8 Å². The van der Waals surface area contributed by atoms with Crippen molar-refractivity contribution in [3.63, 3.8) is 0 Å². The number of imidazole rings is 1. The molecule has 0 amide bonds. The quantitative estimate of drug-likeness (QED) is 0.821. The predicted octanol–water partition coefficient (Wildman–Crippen LogP) is 2.64. The first-order valence-corrected chi connectivity index (χ1v) is 6.79. The summed E-state index contributed by atoms with van der Waals surface area (Å²) >= 11 is 0. The summed E-state index contributed by atoms with van der Waals surface area (Å²) in [5.74, 6) is 2.73. The highest BCUT2D eigenvalue weighted by atomic mass is 16.4. The van der Waals surface area contributed by atoms with Crippen molar-refractivity contribution in [2.45, 2.75) is 39.2 Å². The molecule has 20 heavy (non-hydrogen) atoms. The van der Waals surface area contributed by atoms with Crippen molar-refractivity contribution in [2.24, 2.45) is 0 Å². The van der Waals surface area contributed by atoms with Gasteiger partial charge in [0.25, 0.3) is 0 Å². The third kappa shape index (κ3) is 3.00. The summed E-state index contributed by atoms with van der Waals surface area (Å²) in [5, 5.41) is 8.71. The second kappa shape index (κ2) is 6.25. The Balaban J connectivity index is 2.34. The molecule has 2 rings (SSSR count). The van der Waals surface area contributed by atoms with Crippen LogP contribution in [0.15, 0.2) is 18.2 Å². The fourth-order valence-corrected chi connectivity index (χ4v) is 2.30. The number of carbonyl (C=O) groups is 1. The number of carboxylic acid groups (broad SMARTS) is 1. The summed E-state index contributed by atoms with van der Waals surface area (Å²) in [7, 11) is 0. The molecular weight excluding hydrogens is 252 g/mol. The van der Waals surface area contributed by atoms with Gasteiger partial charge in [0.1, 0.15) is 5.82 Å². The van der Waals surface area contributed by atoms with Gasteiger partial charge in [0.2, 0.25) is 0 Å². The predicted molar refractivity (Wildman–Crippen MR) is 78.5 cm³/mol. The maximum absolute atomic E-state index is 10.6. The normalized spacial score (nSPS) is 10.6. The van der Waals surface area contributed by atoms with E-state index in [0.29, 0.717) is 19.4 Å². The molecule has 4 heteroatoms. The molecule has 0 spiro atoms. The van der Waals surface area contributed by atoms with Crippen LogP contribution in [0.3, 0.4) is 0 Å². The SMILES string of the molecule is C#CCn1c(CCCC(=O)O)nc2cc(CC)ccc21. The van der Waals surface area contributed by atoms with Crippen molar-refractivity contribution in [1.82, 2.24) is 9.55 Å². The third-order valence-corrected chi connectivity index (χ3v) is 3.34. The molecule has 1 N–H and O–H groups in total. The molecule has 1 heterocycles. The lowest BCUT2D eigenvalue weighted by molar-refractivity contribution is -0.137. The molecule has 0 bridgehead atoms. The summed E-state index contributed by atoms with van der Waals surface area (Å²) in [4.78, 5) is 15.2. The zero-order valence-electron chi connectivity index (χ0n) is 11.6. The average molecular weight is 270 g/mol. The molecule has 0 atom stereocenters. The van der Waals surface area contributed by atoms with Crippen molar-refractivity contribution in [1.29, 1.82) is 0 Å². The van der Waals surface area contributed by atoms with Crippen molar-refractivity contribution in [2.75, 3.05) is 0 Å². The second-order valence-corrected chi connectivity index (χ2v) is 4.74. The van der Waals surface area contributed by atoms with E-state index in [4.69, 9.17) is 11.5 Å². The van der Waals surface area contributed by atoms with Crippen LogP contribution in [-0.2, 0) is 24.2 Å². The van der Waals surface area contributed by atoms with Gasteiger partial charge in [0.05, 0.1) is 17.6 Å². The van der Waals surface area contributed by atoms with E-state index in [-0.39, 0.29) is 6.42 Å². The van der Waals surface area contributed by atoms with Gasteiger partial charge >= 0.3 is 5.97 Å². The van der Waals surface area contributed by atoms with Crippen molar-refractivity contribution < 1.29 is 9.90 Å². The van der Waals surface area contributed by atoms with Gasteiger partial charge in [-0.05, 0) is 30.5 Å². The Morgan fingerprint density at radius 1 is 1.50 bits per heavy atom. The first-order valence-electron chi connectivity index (χ1n) is 6.79. The van der Waals surface area contributed by atoms with Crippen LogP contribution in [0.1, 0.15) is 31.2 Å². The van der Waals surface area contributed by atoms with E-state index in [2.05, 4.69) is 30.0 Å². The Morgan fingerprint density at radius 2 is 2.30 bits per heavy atom. The Kier molecular flexibility index (Phi) is 4.41. The first kappa shape index (κ1) is 14.1.